The molecule has 4 aromatic rings. The molecule has 0 aliphatic carbocycles. The second-order valence-corrected chi connectivity index (χ2v) is 11.0. The highest BCUT2D eigenvalue weighted by Crippen LogP contribution is 2.28. The van der Waals surface area contributed by atoms with E-state index in [1.165, 1.54) is 21.7 Å². The summed E-state index contributed by atoms with van der Waals surface area (Å²) in [6.45, 7) is 6.96. The van der Waals surface area contributed by atoms with E-state index in [4.69, 9.17) is 9.97 Å². The lowest BCUT2D eigenvalue weighted by Crippen LogP contribution is -2.35. The first-order valence-electron chi connectivity index (χ1n) is 12.4. The van der Waals surface area contributed by atoms with E-state index in [0.29, 0.717) is 18.2 Å². The molecule has 5 rings (SSSR count). The molecule has 0 bridgehead atoms. The molecule has 0 atom stereocenters. The van der Waals surface area contributed by atoms with Gasteiger partial charge in [0.05, 0.1) is 11.6 Å². The summed E-state index contributed by atoms with van der Waals surface area (Å²) in [6, 6.07) is 19.2. The number of thioether (sulfide) groups is 1. The summed E-state index contributed by atoms with van der Waals surface area (Å²) < 4.78 is 0. The quantitative estimate of drug-likeness (QED) is 0.280. The first-order valence-corrected chi connectivity index (χ1v) is 13.3. The van der Waals surface area contributed by atoms with Crippen molar-refractivity contribution in [2.45, 2.75) is 55.9 Å². The van der Waals surface area contributed by atoms with E-state index in [1.807, 2.05) is 24.0 Å². The number of nitrogens with one attached hydrogen (secondary N) is 2. The maximum absolute atomic E-state index is 9.77. The van der Waals surface area contributed by atoms with E-state index < -0.39 is 0 Å². The van der Waals surface area contributed by atoms with Crippen molar-refractivity contribution in [1.29, 1.82) is 0 Å². The van der Waals surface area contributed by atoms with Gasteiger partial charge in [0.2, 0.25) is 0 Å². The van der Waals surface area contributed by atoms with Crippen LogP contribution >= 0.6 is 11.8 Å². The van der Waals surface area contributed by atoms with Crippen LogP contribution in [0.4, 0.5) is 11.5 Å². The molecule has 1 aliphatic heterocycles. The van der Waals surface area contributed by atoms with E-state index in [-0.39, 0.29) is 6.10 Å². The predicted octanol–water partition coefficient (Wildman–Crippen LogP) is 5.62. The van der Waals surface area contributed by atoms with Crippen molar-refractivity contribution in [2.75, 3.05) is 23.3 Å². The van der Waals surface area contributed by atoms with Crippen molar-refractivity contribution in [3.8, 4) is 0 Å². The molecule has 35 heavy (non-hydrogen) atoms. The summed E-state index contributed by atoms with van der Waals surface area (Å²) in [5.74, 6) is 1.64. The Balaban J connectivity index is 1.32. The number of nitrogens with zero attached hydrogens (tertiary/aromatic N) is 3. The molecule has 0 amide bonds. The van der Waals surface area contributed by atoms with Gasteiger partial charge in [0.1, 0.15) is 11.3 Å². The molecule has 0 spiro atoms. The van der Waals surface area contributed by atoms with Gasteiger partial charge in [0, 0.05) is 48.1 Å². The van der Waals surface area contributed by atoms with Crippen LogP contribution in [-0.4, -0.2) is 44.5 Å². The van der Waals surface area contributed by atoms with Crippen LogP contribution in [0.3, 0.4) is 0 Å². The largest absolute Gasteiger partial charge is 0.393 e. The number of H-pyrrole nitrogens is 1. The third-order valence-corrected chi connectivity index (χ3v) is 7.49. The molecule has 1 saturated heterocycles. The zero-order valence-corrected chi connectivity index (χ0v) is 21.2. The molecule has 182 valence electrons. The average Bonchev–Trinajstić information content (AvgIpc) is 3.33. The lowest BCUT2D eigenvalue weighted by atomic mass is 10.1. The van der Waals surface area contributed by atoms with Crippen LogP contribution in [-0.2, 0) is 13.0 Å². The fourth-order valence-electron chi connectivity index (χ4n) is 4.53. The van der Waals surface area contributed by atoms with Crippen molar-refractivity contribution in [3.05, 3.63) is 77.7 Å². The van der Waals surface area contributed by atoms with Gasteiger partial charge in [-0.1, -0.05) is 44.2 Å². The number of hydrogen-bond acceptors (Lipinski definition) is 6. The normalized spacial score (nSPS) is 14.7. The number of aromatic nitrogens is 3. The Bertz CT molecular complexity index is 1260. The maximum atomic E-state index is 9.77. The summed E-state index contributed by atoms with van der Waals surface area (Å²) in [5, 5.41) is 13.9. The third-order valence-electron chi connectivity index (χ3n) is 6.36. The van der Waals surface area contributed by atoms with Gasteiger partial charge in [0.25, 0.3) is 0 Å². The summed E-state index contributed by atoms with van der Waals surface area (Å²) in [7, 11) is 0. The number of fused-ring (bicyclic) bond motifs is 1. The highest BCUT2D eigenvalue weighted by Gasteiger charge is 2.17. The monoisotopic (exact) mass is 487 g/mol. The molecule has 1 fully saturated rings. The number of aliphatic hydroxyl groups is 1. The van der Waals surface area contributed by atoms with Gasteiger partial charge >= 0.3 is 0 Å². The minimum atomic E-state index is -0.156. The molecule has 2 aromatic heterocycles. The van der Waals surface area contributed by atoms with Crippen molar-refractivity contribution in [2.24, 2.45) is 0 Å². The summed E-state index contributed by atoms with van der Waals surface area (Å²) in [4.78, 5) is 16.6. The van der Waals surface area contributed by atoms with Gasteiger partial charge < -0.3 is 20.3 Å². The fourth-order valence-corrected chi connectivity index (χ4v) is 5.49. The summed E-state index contributed by atoms with van der Waals surface area (Å²) in [5.41, 5.74) is 5.52. The lowest BCUT2D eigenvalue weighted by molar-refractivity contribution is 0.145. The third kappa shape index (κ3) is 5.80. The number of benzene rings is 2. The van der Waals surface area contributed by atoms with Crippen molar-refractivity contribution >= 4 is 34.3 Å². The van der Waals surface area contributed by atoms with Gasteiger partial charge in [-0.3, -0.25) is 0 Å². The second kappa shape index (κ2) is 10.7. The second-order valence-electron chi connectivity index (χ2n) is 9.42. The predicted molar refractivity (Wildman–Crippen MR) is 145 cm³/mol. The minimum Gasteiger partial charge on any atom is -0.393 e. The van der Waals surface area contributed by atoms with Gasteiger partial charge in [-0.05, 0) is 48.2 Å². The summed E-state index contributed by atoms with van der Waals surface area (Å²) >= 11 is 1.89. The fraction of sp³-hybridized carbons (Fsp3) is 0.357. The molecule has 2 aromatic carbocycles. The first kappa shape index (κ1) is 23.7. The van der Waals surface area contributed by atoms with E-state index in [9.17, 15) is 5.11 Å². The Morgan fingerprint density at radius 3 is 2.60 bits per heavy atom. The van der Waals surface area contributed by atoms with Crippen LogP contribution in [0, 0.1) is 0 Å². The van der Waals surface area contributed by atoms with E-state index in [0.717, 1.165) is 48.6 Å². The molecule has 0 unspecified atom stereocenters. The number of piperidine rings is 1. The van der Waals surface area contributed by atoms with Crippen LogP contribution in [0.15, 0.2) is 65.7 Å². The highest BCUT2D eigenvalue weighted by atomic mass is 32.2. The van der Waals surface area contributed by atoms with Crippen LogP contribution in [0.25, 0.3) is 11.0 Å². The Morgan fingerprint density at radius 1 is 1.06 bits per heavy atom. The van der Waals surface area contributed by atoms with Crippen molar-refractivity contribution < 1.29 is 5.11 Å². The van der Waals surface area contributed by atoms with E-state index in [1.54, 1.807) is 0 Å². The molecule has 7 heteroatoms. The number of hydrogen-bond donors (Lipinski definition) is 3. The molecule has 3 N–H and O–H groups in total. The molecule has 0 saturated carbocycles. The van der Waals surface area contributed by atoms with Gasteiger partial charge in [0.15, 0.2) is 5.82 Å². The molecule has 3 heterocycles. The van der Waals surface area contributed by atoms with Crippen LogP contribution in [0.5, 0.6) is 0 Å². The van der Waals surface area contributed by atoms with Crippen molar-refractivity contribution in [3.63, 3.8) is 0 Å². The van der Waals surface area contributed by atoms with Crippen LogP contribution in [0.2, 0.25) is 0 Å². The van der Waals surface area contributed by atoms with Crippen LogP contribution in [0.1, 0.15) is 43.6 Å². The molecule has 1 aliphatic rings. The van der Waals surface area contributed by atoms with Gasteiger partial charge in [-0.25, -0.2) is 9.97 Å². The Hall–Kier alpha value is -3.03. The SMILES string of the molecule is CC(C)Sc1ccccc1CNc1nc(Cc2ccc(N3CCC(O)CC3)cc2)nc2cc[nH]c12. The summed E-state index contributed by atoms with van der Waals surface area (Å²) in [6.07, 6.45) is 4.11. The number of rotatable bonds is 8. The maximum Gasteiger partial charge on any atom is 0.154 e. The molecule has 6 nitrogen and oxygen atoms in total. The van der Waals surface area contributed by atoms with E-state index >= 15 is 0 Å². The van der Waals surface area contributed by atoms with E-state index in [2.05, 4.69) is 77.6 Å². The molecular weight excluding hydrogens is 454 g/mol. The molecular formula is C28H33N5OS. The molecule has 0 radical (unpaired) electrons. The van der Waals surface area contributed by atoms with Gasteiger partial charge in [-0.2, -0.15) is 0 Å². The Kier molecular flexibility index (Phi) is 7.25. The minimum absolute atomic E-state index is 0.156. The van der Waals surface area contributed by atoms with Crippen molar-refractivity contribution in [1.82, 2.24) is 15.0 Å². The topological polar surface area (TPSA) is 77.1 Å². The number of anilines is 2. The highest BCUT2D eigenvalue weighted by molar-refractivity contribution is 8.00. The number of aromatic amines is 1. The lowest BCUT2D eigenvalue weighted by Gasteiger charge is -2.31. The first-order chi connectivity index (χ1) is 17.0. The Morgan fingerprint density at radius 2 is 1.83 bits per heavy atom. The smallest absolute Gasteiger partial charge is 0.154 e. The number of aliphatic hydroxyl groups excluding tert-OH is 1. The zero-order chi connectivity index (χ0) is 24.2. The van der Waals surface area contributed by atoms with Crippen LogP contribution < -0.4 is 10.2 Å². The average molecular weight is 488 g/mol. The Labute approximate surface area is 211 Å². The zero-order valence-electron chi connectivity index (χ0n) is 20.4. The van der Waals surface area contributed by atoms with Gasteiger partial charge in [-0.15, -0.1) is 11.8 Å². The standard InChI is InChI=1S/C28H33N5OS/c1-19(2)35-25-6-4-3-5-21(25)18-30-28-27-24(11-14-29-27)31-26(32-28)17-20-7-9-22(10-8-20)33-15-12-23(34)13-16-33/h3-11,14,19,23,29,34H,12-13,15-18H2,1-2H3,(H,30,31,32).